The minimum absolute atomic E-state index is 0.00841. The summed E-state index contributed by atoms with van der Waals surface area (Å²) in [6.45, 7) is 0.631. The smallest absolute Gasteiger partial charge is 0.200 e. The molecule has 7 N–H and O–H groups in total. The summed E-state index contributed by atoms with van der Waals surface area (Å²) in [7, 11) is 0. The predicted molar refractivity (Wildman–Crippen MR) is 233 cm³/mol. The molecule has 1 aliphatic heterocycles. The molecule has 61 heavy (non-hydrogen) atoms. The van der Waals surface area contributed by atoms with Gasteiger partial charge >= 0.3 is 0 Å². The van der Waals surface area contributed by atoms with Crippen molar-refractivity contribution in [3.8, 4) is 34.5 Å². The zero-order valence-corrected chi connectivity index (χ0v) is 34.7. The van der Waals surface area contributed by atoms with Gasteiger partial charge in [-0.2, -0.15) is 0 Å². The number of hydrogen-bond acceptors (Lipinski definition) is 10. The van der Waals surface area contributed by atoms with Gasteiger partial charge in [-0.1, -0.05) is 73.9 Å². The summed E-state index contributed by atoms with van der Waals surface area (Å²) in [5.41, 5.74) is 11.2. The second-order valence-electron chi connectivity index (χ2n) is 18.3. The van der Waals surface area contributed by atoms with Crippen LogP contribution in [0.4, 0.5) is 0 Å². The summed E-state index contributed by atoms with van der Waals surface area (Å²) in [5, 5.41) is 56.9. The molecule has 0 saturated heterocycles. The maximum atomic E-state index is 14.7. The third kappa shape index (κ3) is 7.78. The Bertz CT molecular complexity index is 2300. The lowest BCUT2D eigenvalue weighted by Gasteiger charge is -2.54. The number of aliphatic hydroxyl groups is 1. The number of rotatable bonds is 13. The Hall–Kier alpha value is -5.32. The van der Waals surface area contributed by atoms with Crippen LogP contribution in [0.5, 0.6) is 34.5 Å². The molecule has 3 fully saturated rings. The van der Waals surface area contributed by atoms with Crippen LogP contribution < -0.4 is 15.2 Å². The topological polar surface area (TPSA) is 175 Å². The number of ether oxygens (including phenoxy) is 2. The standard InChI is InChI=1S/C51H58N2O8/c52-29-61-44-22-30(13-15-42(44)56)12-14-41(55)38-23-33(20-31-16-19-53-27-31)37-24-34-25-40(51(17-5-2-6-18-51)35-9-3-1-4-10-35)46(47(37)48(38)58)39-26-43(57)49(59)50(45(34)39)60-28-32-8-7-11-36(54)21-32/h1,3-4,7-11,13,15-16,21-22,26-27,33-34,37-38,40,46-48,54,56-59H,2,5-6,12,14,17-20,23-25,28-29,52H2/t33-,34+,37-,38+,40+,46+,47-,48+/m1/s1. The summed E-state index contributed by atoms with van der Waals surface area (Å²) in [4.78, 5) is 19.2. The van der Waals surface area contributed by atoms with Crippen LogP contribution in [0.2, 0.25) is 0 Å². The average Bonchev–Trinajstić information content (AvgIpc) is 3.67. The molecule has 10 rings (SSSR count). The van der Waals surface area contributed by atoms with E-state index in [2.05, 4.69) is 41.4 Å². The van der Waals surface area contributed by atoms with E-state index in [1.807, 2.05) is 12.3 Å². The van der Waals surface area contributed by atoms with Gasteiger partial charge in [0.05, 0.1) is 12.6 Å². The second kappa shape index (κ2) is 17.2. The number of ketones is 1. The van der Waals surface area contributed by atoms with Crippen molar-refractivity contribution < 1.29 is 39.8 Å². The SMILES string of the molecule is NCOc1cc(CCC(=O)[C@@H]2C[C@@H](CC3=CCN=C3)[C@H]3C[C@H]4C[C@H](C5(c6ccccc6)CCCCC5)[C@H](c5cc(O)c(O)c(OCc6cccc(O)c6)c54)[C@@H]3[C@H]2O)ccc1O. The number of aromatic hydroxyl groups is 4. The first-order valence-corrected chi connectivity index (χ1v) is 22.2. The van der Waals surface area contributed by atoms with Crippen LogP contribution in [0.15, 0.2) is 95.5 Å². The van der Waals surface area contributed by atoms with Crippen LogP contribution >= 0.6 is 0 Å². The Balaban J connectivity index is 1.16. The predicted octanol–water partition coefficient (Wildman–Crippen LogP) is 8.71. The normalized spacial score (nSPS) is 27.4. The molecule has 0 aromatic heterocycles. The molecule has 320 valence electrons. The zero-order valence-electron chi connectivity index (χ0n) is 34.7. The molecule has 3 saturated carbocycles. The van der Waals surface area contributed by atoms with Crippen LogP contribution in [0.3, 0.4) is 0 Å². The molecule has 0 spiro atoms. The van der Waals surface area contributed by atoms with E-state index in [0.29, 0.717) is 19.4 Å². The number of phenolic OH excluding ortho intramolecular Hbond substituents is 4. The number of phenols is 4. The number of benzene rings is 4. The molecular formula is C51H58N2O8. The van der Waals surface area contributed by atoms with E-state index < -0.39 is 12.0 Å². The second-order valence-corrected chi connectivity index (χ2v) is 18.3. The van der Waals surface area contributed by atoms with E-state index >= 15 is 0 Å². The Morgan fingerprint density at radius 2 is 1.67 bits per heavy atom. The molecular weight excluding hydrogens is 769 g/mol. The summed E-state index contributed by atoms with van der Waals surface area (Å²) in [5.74, 6) is -0.954. The van der Waals surface area contributed by atoms with Gasteiger partial charge in [-0.25, -0.2) is 0 Å². The van der Waals surface area contributed by atoms with Gasteiger partial charge in [-0.05, 0) is 144 Å². The largest absolute Gasteiger partial charge is 0.508 e. The molecule has 10 heteroatoms. The molecule has 8 atom stereocenters. The van der Waals surface area contributed by atoms with Gasteiger partial charge in [0.2, 0.25) is 5.75 Å². The highest BCUT2D eigenvalue weighted by atomic mass is 16.5. The van der Waals surface area contributed by atoms with Crippen LogP contribution in [0, 0.1) is 29.6 Å². The molecule has 1 heterocycles. The fraction of sp³-hybridized carbons (Fsp3) is 0.451. The lowest BCUT2D eigenvalue weighted by Crippen LogP contribution is -2.52. The van der Waals surface area contributed by atoms with Gasteiger partial charge in [-0.3, -0.25) is 15.5 Å². The fourth-order valence-corrected chi connectivity index (χ4v) is 12.6. The molecule has 4 aromatic rings. The van der Waals surface area contributed by atoms with Gasteiger partial charge in [0.15, 0.2) is 23.0 Å². The number of allylic oxidation sites excluding steroid dienone is 1. The van der Waals surface area contributed by atoms with Crippen molar-refractivity contribution in [1.29, 1.82) is 0 Å². The van der Waals surface area contributed by atoms with Gasteiger partial charge < -0.3 is 35.0 Å². The third-order valence-electron chi connectivity index (χ3n) is 15.1. The number of nitrogens with zero attached hydrogens (tertiary/aromatic N) is 1. The first kappa shape index (κ1) is 41.1. The quantitative estimate of drug-likeness (QED) is 0.0569. The Kier molecular flexibility index (Phi) is 11.6. The molecule has 0 amide bonds. The third-order valence-corrected chi connectivity index (χ3v) is 15.1. The highest BCUT2D eigenvalue weighted by Crippen LogP contribution is 2.68. The van der Waals surface area contributed by atoms with Crippen molar-refractivity contribution >= 4 is 12.0 Å². The van der Waals surface area contributed by atoms with Crippen molar-refractivity contribution in [2.24, 2.45) is 40.3 Å². The zero-order chi connectivity index (χ0) is 42.3. The maximum Gasteiger partial charge on any atom is 0.200 e. The van der Waals surface area contributed by atoms with Crippen LogP contribution in [-0.2, 0) is 23.2 Å². The first-order valence-electron chi connectivity index (χ1n) is 22.2. The first-order chi connectivity index (χ1) is 29.6. The number of carbonyl (C=O) groups excluding carboxylic acids is 1. The van der Waals surface area contributed by atoms with E-state index in [9.17, 15) is 30.3 Å². The van der Waals surface area contributed by atoms with Crippen molar-refractivity contribution in [2.45, 2.75) is 101 Å². The van der Waals surface area contributed by atoms with E-state index in [-0.39, 0.29) is 101 Å². The number of hydrogen-bond donors (Lipinski definition) is 6. The number of carbonyl (C=O) groups is 1. The number of fused-ring (bicyclic) bond motifs is 1. The Morgan fingerprint density at radius 3 is 2.43 bits per heavy atom. The number of aliphatic hydroxyl groups excluding tert-OH is 1. The minimum atomic E-state index is -0.947. The van der Waals surface area contributed by atoms with Gasteiger partial charge in [0, 0.05) is 24.1 Å². The summed E-state index contributed by atoms with van der Waals surface area (Å²) in [6, 6.07) is 24.5. The van der Waals surface area contributed by atoms with Crippen LogP contribution in [0.25, 0.3) is 0 Å². The average molecular weight is 827 g/mol. The molecule has 6 aliphatic rings. The summed E-state index contributed by atoms with van der Waals surface area (Å²) < 4.78 is 12.0. The maximum absolute atomic E-state index is 14.7. The molecule has 2 bridgehead atoms. The number of Topliss-reactive ketones (excluding diaryl/α,β-unsaturated/α-hetero) is 1. The van der Waals surface area contributed by atoms with E-state index in [1.54, 1.807) is 42.5 Å². The van der Waals surface area contributed by atoms with E-state index in [0.717, 1.165) is 72.8 Å². The summed E-state index contributed by atoms with van der Waals surface area (Å²) >= 11 is 0. The summed E-state index contributed by atoms with van der Waals surface area (Å²) in [6.07, 6.45) is 12.1. The molecule has 10 nitrogen and oxygen atoms in total. The molecule has 5 aliphatic carbocycles. The lowest BCUT2D eigenvalue weighted by atomic mass is 9.50. The van der Waals surface area contributed by atoms with Crippen molar-refractivity contribution in [3.05, 3.63) is 118 Å². The lowest BCUT2D eigenvalue weighted by molar-refractivity contribution is -0.136. The van der Waals surface area contributed by atoms with Gasteiger partial charge in [-0.15, -0.1) is 0 Å². The van der Waals surface area contributed by atoms with Crippen molar-refractivity contribution in [1.82, 2.24) is 0 Å². The minimum Gasteiger partial charge on any atom is -0.508 e. The molecule has 4 aromatic carbocycles. The van der Waals surface area contributed by atoms with Crippen LogP contribution in [-0.4, -0.2) is 56.9 Å². The number of aliphatic imine (C=N–C) groups is 1. The monoisotopic (exact) mass is 826 g/mol. The highest BCUT2D eigenvalue weighted by molar-refractivity contribution is 5.83. The van der Waals surface area contributed by atoms with Gasteiger partial charge in [0.1, 0.15) is 24.9 Å². The number of nitrogens with two attached hydrogens (primary N) is 1. The molecule has 0 radical (unpaired) electrons. The Labute approximate surface area is 357 Å². The van der Waals surface area contributed by atoms with Gasteiger partial charge in [0.25, 0.3) is 0 Å². The number of aryl methyl sites for hydroxylation is 1. The van der Waals surface area contributed by atoms with E-state index in [1.165, 1.54) is 12.0 Å². The van der Waals surface area contributed by atoms with Crippen LogP contribution in [0.1, 0.15) is 104 Å². The van der Waals surface area contributed by atoms with E-state index in [4.69, 9.17) is 15.2 Å². The Morgan fingerprint density at radius 1 is 0.852 bits per heavy atom. The fourth-order valence-electron chi connectivity index (χ4n) is 12.6. The van der Waals surface area contributed by atoms with Crippen molar-refractivity contribution in [2.75, 3.05) is 13.3 Å². The highest BCUT2D eigenvalue weighted by Gasteiger charge is 2.60. The molecule has 0 unspecified atom stereocenters. The van der Waals surface area contributed by atoms with Crippen molar-refractivity contribution in [3.63, 3.8) is 0 Å².